The lowest BCUT2D eigenvalue weighted by Crippen LogP contribution is -1.96. The van der Waals surface area contributed by atoms with Crippen molar-refractivity contribution in [1.29, 1.82) is 0 Å². The largest absolute Gasteiger partial charge is 0.457 e. The SMILES string of the molecule is CS(=O)(=O)c1ccc(Oc2ccc(I)cc2)cc1. The summed E-state index contributed by atoms with van der Waals surface area (Å²) in [6, 6.07) is 14.0. The summed E-state index contributed by atoms with van der Waals surface area (Å²) in [6.07, 6.45) is 1.18. The van der Waals surface area contributed by atoms with Gasteiger partial charge in [-0.1, -0.05) is 0 Å². The van der Waals surface area contributed by atoms with Crippen molar-refractivity contribution >= 4 is 32.4 Å². The molecule has 0 aromatic heterocycles. The molecule has 0 bridgehead atoms. The maximum atomic E-state index is 11.3. The molecule has 0 aliphatic rings. The Balaban J connectivity index is 2.18. The van der Waals surface area contributed by atoms with Gasteiger partial charge >= 0.3 is 0 Å². The van der Waals surface area contributed by atoms with Gasteiger partial charge in [-0.3, -0.25) is 0 Å². The Bertz CT molecular complexity index is 631. The fourth-order valence-electron chi connectivity index (χ4n) is 1.39. The summed E-state index contributed by atoms with van der Waals surface area (Å²) >= 11 is 2.22. The molecule has 2 aromatic rings. The van der Waals surface area contributed by atoms with Gasteiger partial charge in [-0.05, 0) is 71.1 Å². The van der Waals surface area contributed by atoms with Gasteiger partial charge in [0.15, 0.2) is 9.84 Å². The number of benzene rings is 2. The molecule has 0 fully saturated rings. The van der Waals surface area contributed by atoms with E-state index in [1.807, 2.05) is 24.3 Å². The van der Waals surface area contributed by atoms with Gasteiger partial charge in [0.2, 0.25) is 0 Å². The molecule has 0 saturated carbocycles. The molecule has 0 aliphatic heterocycles. The van der Waals surface area contributed by atoms with Gasteiger partial charge in [-0.2, -0.15) is 0 Å². The molecular formula is C13H11IO3S. The zero-order valence-electron chi connectivity index (χ0n) is 9.63. The predicted molar refractivity (Wildman–Crippen MR) is 78.8 cm³/mol. The third-order valence-electron chi connectivity index (χ3n) is 2.30. The predicted octanol–water partition coefficient (Wildman–Crippen LogP) is 3.49. The summed E-state index contributed by atoms with van der Waals surface area (Å²) in [5, 5.41) is 0. The molecule has 3 nitrogen and oxygen atoms in total. The van der Waals surface area contributed by atoms with E-state index in [9.17, 15) is 8.42 Å². The smallest absolute Gasteiger partial charge is 0.175 e. The number of ether oxygens (including phenoxy) is 1. The molecule has 0 aliphatic carbocycles. The van der Waals surface area contributed by atoms with Gasteiger partial charge in [0.1, 0.15) is 11.5 Å². The fraction of sp³-hybridized carbons (Fsp3) is 0.0769. The quantitative estimate of drug-likeness (QED) is 0.773. The van der Waals surface area contributed by atoms with Crippen LogP contribution in [0, 0.1) is 3.57 Å². The zero-order chi connectivity index (χ0) is 13.2. The Morgan fingerprint density at radius 2 is 1.33 bits per heavy atom. The van der Waals surface area contributed by atoms with Crippen molar-refractivity contribution in [3.8, 4) is 11.5 Å². The minimum absolute atomic E-state index is 0.289. The molecule has 0 spiro atoms. The van der Waals surface area contributed by atoms with Crippen LogP contribution in [-0.2, 0) is 9.84 Å². The average molecular weight is 374 g/mol. The van der Waals surface area contributed by atoms with Crippen LogP contribution >= 0.6 is 22.6 Å². The minimum Gasteiger partial charge on any atom is -0.457 e. The molecule has 2 aromatic carbocycles. The molecule has 94 valence electrons. The number of halogens is 1. The van der Waals surface area contributed by atoms with Crippen molar-refractivity contribution in [2.45, 2.75) is 4.90 Å². The third kappa shape index (κ3) is 3.46. The Hall–Kier alpha value is -1.08. The van der Waals surface area contributed by atoms with E-state index in [4.69, 9.17) is 4.74 Å². The molecule has 0 atom stereocenters. The molecule has 0 N–H and O–H groups in total. The first kappa shape index (κ1) is 13.4. The summed E-state index contributed by atoms with van der Waals surface area (Å²) in [5.41, 5.74) is 0. The van der Waals surface area contributed by atoms with E-state index in [0.29, 0.717) is 5.75 Å². The van der Waals surface area contributed by atoms with Crippen LogP contribution < -0.4 is 4.74 Å². The van der Waals surface area contributed by atoms with Crippen LogP contribution in [0.1, 0.15) is 0 Å². The fourth-order valence-corrected chi connectivity index (χ4v) is 2.38. The first-order chi connectivity index (χ1) is 8.45. The van der Waals surface area contributed by atoms with Gasteiger partial charge in [-0.25, -0.2) is 8.42 Å². The van der Waals surface area contributed by atoms with E-state index in [1.54, 1.807) is 12.1 Å². The summed E-state index contributed by atoms with van der Waals surface area (Å²) in [5.74, 6) is 1.34. The van der Waals surface area contributed by atoms with Gasteiger partial charge in [0.05, 0.1) is 4.90 Å². The lowest BCUT2D eigenvalue weighted by atomic mass is 10.3. The molecule has 5 heteroatoms. The van der Waals surface area contributed by atoms with E-state index in [2.05, 4.69) is 22.6 Å². The maximum Gasteiger partial charge on any atom is 0.175 e. The second-order valence-electron chi connectivity index (χ2n) is 3.80. The highest BCUT2D eigenvalue weighted by molar-refractivity contribution is 14.1. The summed E-state index contributed by atoms with van der Waals surface area (Å²) < 4.78 is 29.3. The van der Waals surface area contributed by atoms with Crippen LogP contribution in [0.2, 0.25) is 0 Å². The highest BCUT2D eigenvalue weighted by atomic mass is 127. The van der Waals surface area contributed by atoms with Crippen molar-refractivity contribution in [3.05, 3.63) is 52.1 Å². The zero-order valence-corrected chi connectivity index (χ0v) is 12.6. The van der Waals surface area contributed by atoms with Crippen molar-refractivity contribution in [2.75, 3.05) is 6.26 Å². The van der Waals surface area contributed by atoms with Crippen LogP contribution in [0.5, 0.6) is 11.5 Å². The molecule has 0 heterocycles. The standard InChI is InChI=1S/C13H11IO3S/c1-18(15,16)13-8-6-12(7-9-13)17-11-4-2-10(14)3-5-11/h2-9H,1H3. The molecule has 0 unspecified atom stereocenters. The number of hydrogen-bond donors (Lipinski definition) is 0. The topological polar surface area (TPSA) is 43.4 Å². The molecule has 18 heavy (non-hydrogen) atoms. The Morgan fingerprint density at radius 1 is 0.889 bits per heavy atom. The minimum atomic E-state index is -3.15. The van der Waals surface area contributed by atoms with Crippen LogP contribution in [-0.4, -0.2) is 14.7 Å². The van der Waals surface area contributed by atoms with Crippen molar-refractivity contribution in [3.63, 3.8) is 0 Å². The van der Waals surface area contributed by atoms with Gasteiger partial charge < -0.3 is 4.74 Å². The van der Waals surface area contributed by atoms with Crippen LogP contribution in [0.15, 0.2) is 53.4 Å². The summed E-state index contributed by atoms with van der Waals surface area (Å²) in [7, 11) is -3.15. The number of hydrogen-bond acceptors (Lipinski definition) is 3. The summed E-state index contributed by atoms with van der Waals surface area (Å²) in [4.78, 5) is 0.289. The Morgan fingerprint density at radius 3 is 1.78 bits per heavy atom. The van der Waals surface area contributed by atoms with Crippen LogP contribution in [0.4, 0.5) is 0 Å². The molecule has 0 saturated heterocycles. The first-order valence-electron chi connectivity index (χ1n) is 5.19. The highest BCUT2D eigenvalue weighted by Gasteiger charge is 2.06. The lowest BCUT2D eigenvalue weighted by Gasteiger charge is -2.06. The van der Waals surface area contributed by atoms with Gasteiger partial charge in [0.25, 0.3) is 0 Å². The van der Waals surface area contributed by atoms with Crippen LogP contribution in [0.3, 0.4) is 0 Å². The van der Waals surface area contributed by atoms with Crippen molar-refractivity contribution in [1.82, 2.24) is 0 Å². The Kier molecular flexibility index (Phi) is 3.91. The van der Waals surface area contributed by atoms with Gasteiger partial charge in [0, 0.05) is 9.83 Å². The lowest BCUT2D eigenvalue weighted by molar-refractivity contribution is 0.482. The van der Waals surface area contributed by atoms with Crippen molar-refractivity contribution in [2.24, 2.45) is 0 Å². The molecule has 0 amide bonds. The Labute approximate surface area is 120 Å². The summed E-state index contributed by atoms with van der Waals surface area (Å²) in [6.45, 7) is 0. The second-order valence-corrected chi connectivity index (χ2v) is 7.06. The van der Waals surface area contributed by atoms with E-state index >= 15 is 0 Å². The normalized spacial score (nSPS) is 11.2. The molecule has 2 rings (SSSR count). The second kappa shape index (κ2) is 5.27. The van der Waals surface area contributed by atoms with Crippen LogP contribution in [0.25, 0.3) is 0 Å². The van der Waals surface area contributed by atoms with E-state index in [0.717, 1.165) is 9.32 Å². The highest BCUT2D eigenvalue weighted by Crippen LogP contribution is 2.23. The monoisotopic (exact) mass is 374 g/mol. The third-order valence-corrected chi connectivity index (χ3v) is 4.15. The molecular weight excluding hydrogens is 363 g/mol. The number of sulfone groups is 1. The van der Waals surface area contributed by atoms with E-state index < -0.39 is 9.84 Å². The maximum absolute atomic E-state index is 11.3. The van der Waals surface area contributed by atoms with E-state index in [1.165, 1.54) is 18.4 Å². The molecule has 0 radical (unpaired) electrons. The first-order valence-corrected chi connectivity index (χ1v) is 8.16. The average Bonchev–Trinajstić information content (AvgIpc) is 2.32. The van der Waals surface area contributed by atoms with Gasteiger partial charge in [-0.15, -0.1) is 0 Å². The van der Waals surface area contributed by atoms with Crippen molar-refractivity contribution < 1.29 is 13.2 Å². The van der Waals surface area contributed by atoms with E-state index in [-0.39, 0.29) is 4.90 Å². The number of rotatable bonds is 3.